The van der Waals surface area contributed by atoms with E-state index in [1.807, 2.05) is 49.1 Å². The van der Waals surface area contributed by atoms with Crippen LogP contribution in [0.2, 0.25) is 5.02 Å². The van der Waals surface area contributed by atoms with Crippen molar-refractivity contribution in [1.29, 1.82) is 5.26 Å². The van der Waals surface area contributed by atoms with Crippen molar-refractivity contribution in [3.8, 4) is 6.07 Å². The van der Waals surface area contributed by atoms with Gasteiger partial charge in [0.2, 0.25) is 0 Å². The first-order valence-electron chi connectivity index (χ1n) is 7.55. The summed E-state index contributed by atoms with van der Waals surface area (Å²) in [7, 11) is 0. The van der Waals surface area contributed by atoms with E-state index < -0.39 is 5.91 Å². The van der Waals surface area contributed by atoms with E-state index in [2.05, 4.69) is 5.32 Å². The number of nitrogens with zero attached hydrogens (tertiary/aromatic N) is 2. The minimum Gasteiger partial charge on any atom is -0.347 e. The van der Waals surface area contributed by atoms with Gasteiger partial charge in [0.1, 0.15) is 11.6 Å². The molecular formula is C19H18ClN3O. The lowest BCUT2D eigenvalue weighted by Gasteiger charge is -2.19. The zero-order valence-corrected chi connectivity index (χ0v) is 14.3. The van der Waals surface area contributed by atoms with E-state index in [-0.39, 0.29) is 5.57 Å². The van der Waals surface area contributed by atoms with Crippen LogP contribution >= 0.6 is 11.6 Å². The second-order valence-electron chi connectivity index (χ2n) is 5.24. The Bertz CT molecular complexity index is 808. The van der Waals surface area contributed by atoms with E-state index in [9.17, 15) is 10.1 Å². The number of halogens is 1. The van der Waals surface area contributed by atoms with Crippen LogP contribution in [-0.2, 0) is 4.79 Å². The van der Waals surface area contributed by atoms with Crippen molar-refractivity contribution in [2.24, 2.45) is 0 Å². The normalized spacial score (nSPS) is 10.8. The van der Waals surface area contributed by atoms with Crippen LogP contribution in [0.1, 0.15) is 12.5 Å². The summed E-state index contributed by atoms with van der Waals surface area (Å²) in [6.07, 6.45) is 1.56. The van der Waals surface area contributed by atoms with Crippen LogP contribution in [0.15, 0.2) is 60.3 Å². The Hall–Kier alpha value is -2.77. The highest BCUT2D eigenvalue weighted by Crippen LogP contribution is 2.18. The molecule has 0 bridgehead atoms. The lowest BCUT2D eigenvalue weighted by molar-refractivity contribution is -0.112. The number of amides is 1. The van der Waals surface area contributed by atoms with Gasteiger partial charge in [-0.25, -0.2) is 0 Å². The van der Waals surface area contributed by atoms with E-state index in [1.165, 1.54) is 0 Å². The van der Waals surface area contributed by atoms with Gasteiger partial charge >= 0.3 is 0 Å². The summed E-state index contributed by atoms with van der Waals surface area (Å²) in [5.41, 5.74) is 2.62. The highest BCUT2D eigenvalue weighted by Gasteiger charge is 2.12. The molecule has 2 aromatic rings. The molecule has 2 aromatic carbocycles. The lowest BCUT2D eigenvalue weighted by atomic mass is 10.2. The van der Waals surface area contributed by atoms with Crippen LogP contribution in [0.5, 0.6) is 0 Å². The molecule has 0 aliphatic carbocycles. The molecule has 0 aromatic heterocycles. The molecule has 1 amide bonds. The highest BCUT2D eigenvalue weighted by atomic mass is 35.5. The van der Waals surface area contributed by atoms with Gasteiger partial charge in [0.05, 0.1) is 0 Å². The molecular weight excluding hydrogens is 322 g/mol. The number of nitriles is 1. The number of benzene rings is 2. The van der Waals surface area contributed by atoms with Crippen molar-refractivity contribution in [1.82, 2.24) is 0 Å². The van der Waals surface area contributed by atoms with Crippen molar-refractivity contribution >= 4 is 28.9 Å². The Kier molecular flexibility index (Phi) is 6.00. The van der Waals surface area contributed by atoms with E-state index in [0.717, 1.165) is 11.3 Å². The van der Waals surface area contributed by atoms with Crippen molar-refractivity contribution < 1.29 is 4.79 Å². The van der Waals surface area contributed by atoms with Crippen molar-refractivity contribution in [3.05, 3.63) is 70.9 Å². The Labute approximate surface area is 147 Å². The van der Waals surface area contributed by atoms with Gasteiger partial charge in [-0.15, -0.1) is 0 Å². The SMILES string of the molecule is CCN(/C=C(/C#N)C(=O)Nc1cccc(Cl)c1)c1cccc(C)c1. The molecule has 122 valence electrons. The van der Waals surface area contributed by atoms with E-state index in [1.54, 1.807) is 30.5 Å². The number of aryl methyl sites for hydroxylation is 1. The van der Waals surface area contributed by atoms with Crippen LogP contribution < -0.4 is 10.2 Å². The topological polar surface area (TPSA) is 56.1 Å². The minimum absolute atomic E-state index is 0.0262. The molecule has 0 fully saturated rings. The lowest BCUT2D eigenvalue weighted by Crippen LogP contribution is -2.20. The van der Waals surface area contributed by atoms with Crippen LogP contribution in [0, 0.1) is 18.3 Å². The molecule has 0 unspecified atom stereocenters. The van der Waals surface area contributed by atoms with E-state index >= 15 is 0 Å². The van der Waals surface area contributed by atoms with Crippen molar-refractivity contribution in [3.63, 3.8) is 0 Å². The number of rotatable bonds is 5. The Morgan fingerprint density at radius 3 is 2.67 bits per heavy atom. The average molecular weight is 340 g/mol. The van der Waals surface area contributed by atoms with Gasteiger partial charge in [0.25, 0.3) is 5.91 Å². The summed E-state index contributed by atoms with van der Waals surface area (Å²) in [6.45, 7) is 4.60. The molecule has 0 atom stereocenters. The van der Waals surface area contributed by atoms with E-state index in [0.29, 0.717) is 17.3 Å². The van der Waals surface area contributed by atoms with Gasteiger partial charge in [-0.3, -0.25) is 4.79 Å². The Morgan fingerprint density at radius 1 is 1.29 bits per heavy atom. The molecule has 0 spiro atoms. The predicted molar refractivity (Wildman–Crippen MR) is 98.0 cm³/mol. The van der Waals surface area contributed by atoms with Crippen LogP contribution in [-0.4, -0.2) is 12.5 Å². The maximum absolute atomic E-state index is 12.3. The molecule has 0 radical (unpaired) electrons. The van der Waals surface area contributed by atoms with Gasteiger partial charge in [-0.05, 0) is 49.7 Å². The smallest absolute Gasteiger partial charge is 0.267 e. The average Bonchev–Trinajstić information content (AvgIpc) is 2.56. The summed E-state index contributed by atoms with van der Waals surface area (Å²) < 4.78 is 0. The fourth-order valence-electron chi connectivity index (χ4n) is 2.21. The number of hydrogen-bond donors (Lipinski definition) is 1. The second kappa shape index (κ2) is 8.19. The number of carbonyl (C=O) groups is 1. The molecule has 0 saturated heterocycles. The molecule has 1 N–H and O–H groups in total. The summed E-state index contributed by atoms with van der Waals surface area (Å²) in [6, 6.07) is 16.6. The quantitative estimate of drug-likeness (QED) is 0.643. The van der Waals surface area contributed by atoms with E-state index in [4.69, 9.17) is 11.6 Å². The third-order valence-corrected chi connectivity index (χ3v) is 3.64. The summed E-state index contributed by atoms with van der Waals surface area (Å²) in [5, 5.41) is 12.5. The molecule has 0 saturated carbocycles. The Morgan fingerprint density at radius 2 is 2.04 bits per heavy atom. The number of anilines is 2. The second-order valence-corrected chi connectivity index (χ2v) is 5.68. The molecule has 4 nitrogen and oxygen atoms in total. The van der Waals surface area contributed by atoms with Crippen LogP contribution in [0.3, 0.4) is 0 Å². The summed E-state index contributed by atoms with van der Waals surface area (Å²) in [5.74, 6) is -0.467. The summed E-state index contributed by atoms with van der Waals surface area (Å²) >= 11 is 5.90. The third kappa shape index (κ3) is 4.61. The van der Waals surface area contributed by atoms with Gasteiger partial charge in [0, 0.05) is 29.1 Å². The maximum Gasteiger partial charge on any atom is 0.267 e. The highest BCUT2D eigenvalue weighted by molar-refractivity contribution is 6.31. The standard InChI is InChI=1S/C19H18ClN3O/c1-3-23(18-9-4-6-14(2)10-18)13-15(12-21)19(24)22-17-8-5-7-16(20)11-17/h4-11,13H,3H2,1-2H3,(H,22,24)/b15-13-. The van der Waals surface area contributed by atoms with Crippen molar-refractivity contribution in [2.45, 2.75) is 13.8 Å². The first kappa shape index (κ1) is 17.6. The van der Waals surface area contributed by atoms with Gasteiger partial charge < -0.3 is 10.2 Å². The zero-order chi connectivity index (χ0) is 17.5. The monoisotopic (exact) mass is 339 g/mol. The first-order valence-corrected chi connectivity index (χ1v) is 7.93. The van der Waals surface area contributed by atoms with Crippen molar-refractivity contribution in [2.75, 3.05) is 16.8 Å². The van der Waals surface area contributed by atoms with Crippen LogP contribution in [0.4, 0.5) is 11.4 Å². The third-order valence-electron chi connectivity index (χ3n) is 3.41. The number of hydrogen-bond acceptors (Lipinski definition) is 3. The fraction of sp³-hybridized carbons (Fsp3) is 0.158. The largest absolute Gasteiger partial charge is 0.347 e. The molecule has 0 aliphatic heterocycles. The fourth-order valence-corrected chi connectivity index (χ4v) is 2.40. The first-order chi connectivity index (χ1) is 11.5. The molecule has 24 heavy (non-hydrogen) atoms. The van der Waals surface area contributed by atoms with Gasteiger partial charge in [-0.1, -0.05) is 29.8 Å². The molecule has 5 heteroatoms. The Balaban J connectivity index is 2.23. The minimum atomic E-state index is -0.467. The van der Waals surface area contributed by atoms with Gasteiger partial charge in [-0.2, -0.15) is 5.26 Å². The van der Waals surface area contributed by atoms with Gasteiger partial charge in [0.15, 0.2) is 0 Å². The molecule has 0 heterocycles. The number of nitrogens with one attached hydrogen (secondary N) is 1. The summed E-state index contributed by atoms with van der Waals surface area (Å²) in [4.78, 5) is 14.2. The predicted octanol–water partition coefficient (Wildman–Crippen LogP) is 4.52. The van der Waals surface area contributed by atoms with Crippen LogP contribution in [0.25, 0.3) is 0 Å². The maximum atomic E-state index is 12.3. The molecule has 0 aliphatic rings. The zero-order valence-electron chi connectivity index (χ0n) is 13.6. The molecule has 2 rings (SSSR count). The number of carbonyl (C=O) groups excluding carboxylic acids is 1.